The summed E-state index contributed by atoms with van der Waals surface area (Å²) < 4.78 is 16.4. The van der Waals surface area contributed by atoms with Gasteiger partial charge < -0.3 is 19.5 Å². The van der Waals surface area contributed by atoms with Gasteiger partial charge in [0.25, 0.3) is 5.91 Å². The fourth-order valence-electron chi connectivity index (χ4n) is 1.93. The van der Waals surface area contributed by atoms with E-state index in [4.69, 9.17) is 14.2 Å². The Kier molecular flexibility index (Phi) is 5.48. The first kappa shape index (κ1) is 16.4. The summed E-state index contributed by atoms with van der Waals surface area (Å²) in [6, 6.07) is 10.6. The van der Waals surface area contributed by atoms with Crippen LogP contribution < -0.4 is 19.5 Å². The molecule has 1 amide bonds. The highest BCUT2D eigenvalue weighted by atomic mass is 127. The van der Waals surface area contributed by atoms with Crippen LogP contribution in [-0.2, 0) is 0 Å². The SMILES string of the molecule is COc1cccc(NC(=O)c2cc(OC)c(OC)cc2I)c1. The molecule has 2 aromatic carbocycles. The summed E-state index contributed by atoms with van der Waals surface area (Å²) in [5.74, 6) is 1.56. The molecule has 0 unspecified atom stereocenters. The van der Waals surface area contributed by atoms with Gasteiger partial charge in [-0.3, -0.25) is 4.79 Å². The molecule has 0 fully saturated rings. The molecule has 116 valence electrons. The molecule has 22 heavy (non-hydrogen) atoms. The lowest BCUT2D eigenvalue weighted by Crippen LogP contribution is -2.14. The van der Waals surface area contributed by atoms with E-state index in [1.807, 2.05) is 12.1 Å². The Morgan fingerprint density at radius 1 is 1.00 bits per heavy atom. The standard InChI is InChI=1S/C16H16INO4/c1-20-11-6-4-5-10(7-11)18-16(19)12-8-14(21-2)15(22-3)9-13(12)17/h4-9H,1-3H3,(H,18,19). The third-order valence-corrected chi connectivity index (χ3v) is 3.94. The number of carbonyl (C=O) groups excluding carboxylic acids is 1. The minimum atomic E-state index is -0.224. The molecule has 0 bridgehead atoms. The zero-order chi connectivity index (χ0) is 16.1. The quantitative estimate of drug-likeness (QED) is 0.762. The lowest BCUT2D eigenvalue weighted by Gasteiger charge is -2.12. The molecule has 0 radical (unpaired) electrons. The van der Waals surface area contributed by atoms with Gasteiger partial charge in [0, 0.05) is 15.3 Å². The van der Waals surface area contributed by atoms with Crippen molar-refractivity contribution in [3.8, 4) is 17.2 Å². The molecule has 0 saturated heterocycles. The summed E-state index contributed by atoms with van der Waals surface area (Å²) in [6.45, 7) is 0. The molecule has 0 aliphatic rings. The third kappa shape index (κ3) is 3.62. The molecule has 0 atom stereocenters. The van der Waals surface area contributed by atoms with Gasteiger partial charge in [-0.1, -0.05) is 6.07 Å². The van der Waals surface area contributed by atoms with Crippen LogP contribution in [0.4, 0.5) is 5.69 Å². The van der Waals surface area contributed by atoms with Gasteiger partial charge in [-0.05, 0) is 46.9 Å². The van der Waals surface area contributed by atoms with Crippen molar-refractivity contribution in [1.82, 2.24) is 0 Å². The zero-order valence-corrected chi connectivity index (χ0v) is 14.6. The number of ether oxygens (including phenoxy) is 3. The molecule has 6 heteroatoms. The Labute approximate surface area is 142 Å². The van der Waals surface area contributed by atoms with E-state index in [0.29, 0.717) is 28.5 Å². The molecule has 0 saturated carbocycles. The van der Waals surface area contributed by atoms with Gasteiger partial charge in [0.15, 0.2) is 11.5 Å². The summed E-state index contributed by atoms with van der Waals surface area (Å²) in [5, 5.41) is 2.84. The van der Waals surface area contributed by atoms with Gasteiger partial charge in [-0.25, -0.2) is 0 Å². The summed E-state index contributed by atoms with van der Waals surface area (Å²) in [4.78, 5) is 12.4. The lowest BCUT2D eigenvalue weighted by atomic mass is 10.1. The van der Waals surface area contributed by atoms with E-state index in [9.17, 15) is 4.79 Å². The number of methoxy groups -OCH3 is 3. The Balaban J connectivity index is 2.29. The van der Waals surface area contributed by atoms with E-state index in [1.54, 1.807) is 38.5 Å². The van der Waals surface area contributed by atoms with E-state index < -0.39 is 0 Å². The Morgan fingerprint density at radius 2 is 1.68 bits per heavy atom. The van der Waals surface area contributed by atoms with Crippen molar-refractivity contribution in [3.05, 3.63) is 45.5 Å². The minimum Gasteiger partial charge on any atom is -0.497 e. The molecule has 2 aromatic rings. The first-order valence-electron chi connectivity index (χ1n) is 6.46. The molecule has 5 nitrogen and oxygen atoms in total. The van der Waals surface area contributed by atoms with Gasteiger partial charge in [0.1, 0.15) is 5.75 Å². The largest absolute Gasteiger partial charge is 0.497 e. The average Bonchev–Trinajstić information content (AvgIpc) is 2.54. The van der Waals surface area contributed by atoms with Crippen LogP contribution in [0.2, 0.25) is 0 Å². The maximum Gasteiger partial charge on any atom is 0.256 e. The molecule has 0 spiro atoms. The van der Waals surface area contributed by atoms with Crippen LogP contribution in [0.25, 0.3) is 0 Å². The van der Waals surface area contributed by atoms with Crippen LogP contribution >= 0.6 is 22.6 Å². The highest BCUT2D eigenvalue weighted by Gasteiger charge is 2.15. The van der Waals surface area contributed by atoms with Crippen molar-refractivity contribution in [1.29, 1.82) is 0 Å². The number of anilines is 1. The molecule has 0 aliphatic carbocycles. The average molecular weight is 413 g/mol. The Bertz CT molecular complexity index is 688. The highest BCUT2D eigenvalue weighted by Crippen LogP contribution is 2.31. The van der Waals surface area contributed by atoms with Crippen molar-refractivity contribution in [2.75, 3.05) is 26.6 Å². The van der Waals surface area contributed by atoms with Crippen molar-refractivity contribution in [2.45, 2.75) is 0 Å². The van der Waals surface area contributed by atoms with Crippen LogP contribution in [0, 0.1) is 3.57 Å². The molecular formula is C16H16INO4. The number of carbonyl (C=O) groups is 1. The Morgan fingerprint density at radius 3 is 2.32 bits per heavy atom. The number of halogens is 1. The van der Waals surface area contributed by atoms with Crippen molar-refractivity contribution >= 4 is 34.2 Å². The van der Waals surface area contributed by atoms with E-state index in [0.717, 1.165) is 3.57 Å². The number of hydrogen-bond donors (Lipinski definition) is 1. The topological polar surface area (TPSA) is 56.8 Å². The maximum absolute atomic E-state index is 12.4. The fraction of sp³-hybridized carbons (Fsp3) is 0.188. The summed E-state index contributed by atoms with van der Waals surface area (Å²) in [6.07, 6.45) is 0. The van der Waals surface area contributed by atoms with Crippen LogP contribution in [0.15, 0.2) is 36.4 Å². The van der Waals surface area contributed by atoms with Gasteiger partial charge in [0.05, 0.1) is 26.9 Å². The minimum absolute atomic E-state index is 0.224. The Hall–Kier alpha value is -1.96. The number of rotatable bonds is 5. The molecule has 0 aromatic heterocycles. The van der Waals surface area contributed by atoms with Gasteiger partial charge in [0.2, 0.25) is 0 Å². The normalized spacial score (nSPS) is 10.0. The monoisotopic (exact) mass is 413 g/mol. The maximum atomic E-state index is 12.4. The number of amides is 1. The summed E-state index contributed by atoms with van der Waals surface area (Å²) in [7, 11) is 4.68. The molecule has 0 aliphatic heterocycles. The lowest BCUT2D eigenvalue weighted by molar-refractivity contribution is 0.102. The second kappa shape index (κ2) is 7.35. The van der Waals surface area contributed by atoms with E-state index in [-0.39, 0.29) is 5.91 Å². The van der Waals surface area contributed by atoms with E-state index in [2.05, 4.69) is 27.9 Å². The zero-order valence-electron chi connectivity index (χ0n) is 12.5. The third-order valence-electron chi connectivity index (χ3n) is 3.05. The smallest absolute Gasteiger partial charge is 0.256 e. The van der Waals surface area contributed by atoms with Gasteiger partial charge >= 0.3 is 0 Å². The van der Waals surface area contributed by atoms with Gasteiger partial charge in [-0.15, -0.1) is 0 Å². The molecular weight excluding hydrogens is 397 g/mol. The molecule has 2 rings (SSSR count). The van der Waals surface area contributed by atoms with Crippen LogP contribution in [0.3, 0.4) is 0 Å². The summed E-state index contributed by atoms with van der Waals surface area (Å²) >= 11 is 2.09. The van der Waals surface area contributed by atoms with Crippen LogP contribution in [-0.4, -0.2) is 27.2 Å². The van der Waals surface area contributed by atoms with E-state index in [1.165, 1.54) is 7.11 Å². The molecule has 1 N–H and O–H groups in total. The summed E-state index contributed by atoms with van der Waals surface area (Å²) in [5.41, 5.74) is 1.18. The fourth-order valence-corrected chi connectivity index (χ4v) is 2.61. The highest BCUT2D eigenvalue weighted by molar-refractivity contribution is 14.1. The number of nitrogens with one attached hydrogen (secondary N) is 1. The predicted molar refractivity (Wildman–Crippen MR) is 93.2 cm³/mol. The van der Waals surface area contributed by atoms with Crippen molar-refractivity contribution in [2.24, 2.45) is 0 Å². The predicted octanol–water partition coefficient (Wildman–Crippen LogP) is 3.57. The first-order chi connectivity index (χ1) is 10.6. The van der Waals surface area contributed by atoms with E-state index >= 15 is 0 Å². The van der Waals surface area contributed by atoms with Crippen molar-refractivity contribution in [3.63, 3.8) is 0 Å². The second-order valence-electron chi connectivity index (χ2n) is 4.37. The van der Waals surface area contributed by atoms with Crippen LogP contribution in [0.5, 0.6) is 17.2 Å². The number of hydrogen-bond acceptors (Lipinski definition) is 4. The van der Waals surface area contributed by atoms with Crippen molar-refractivity contribution < 1.29 is 19.0 Å². The van der Waals surface area contributed by atoms with Gasteiger partial charge in [-0.2, -0.15) is 0 Å². The molecule has 0 heterocycles. The van der Waals surface area contributed by atoms with Crippen LogP contribution in [0.1, 0.15) is 10.4 Å². The first-order valence-corrected chi connectivity index (χ1v) is 7.54. The second-order valence-corrected chi connectivity index (χ2v) is 5.54. The number of benzene rings is 2.